The molecule has 2 aliphatic rings. The van der Waals surface area contributed by atoms with Gasteiger partial charge in [-0.2, -0.15) is 0 Å². The fourth-order valence-corrected chi connectivity index (χ4v) is 5.29. The lowest BCUT2D eigenvalue weighted by atomic mass is 9.89. The van der Waals surface area contributed by atoms with Crippen molar-refractivity contribution in [3.8, 4) is 5.75 Å². The number of hydrogen-bond acceptors (Lipinski definition) is 3. The second-order valence-electron chi connectivity index (χ2n) is 5.93. The summed E-state index contributed by atoms with van der Waals surface area (Å²) in [5.74, 6) is 0.995. The highest BCUT2D eigenvalue weighted by atomic mass is 32.1. The molecule has 21 heavy (non-hydrogen) atoms. The normalized spacial score (nSPS) is 20.7. The molecule has 1 aromatic heterocycles. The van der Waals surface area contributed by atoms with Crippen LogP contribution in [0.25, 0.3) is 0 Å². The van der Waals surface area contributed by atoms with Crippen LogP contribution < -0.4 is 10.1 Å². The number of ether oxygens (including phenoxy) is 1. The van der Waals surface area contributed by atoms with Crippen LogP contribution in [-0.4, -0.2) is 13.7 Å². The van der Waals surface area contributed by atoms with Gasteiger partial charge in [0.2, 0.25) is 0 Å². The molecule has 1 atom stereocenters. The van der Waals surface area contributed by atoms with E-state index in [9.17, 15) is 0 Å². The van der Waals surface area contributed by atoms with Gasteiger partial charge in [-0.1, -0.05) is 18.2 Å². The zero-order valence-corrected chi connectivity index (χ0v) is 13.3. The lowest BCUT2D eigenvalue weighted by Crippen LogP contribution is -2.30. The number of rotatable bonds is 2. The molecule has 1 unspecified atom stereocenters. The third kappa shape index (κ3) is 2.19. The molecular formula is C18H21NOS. The highest BCUT2D eigenvalue weighted by molar-refractivity contribution is 7.12. The molecule has 0 saturated heterocycles. The summed E-state index contributed by atoms with van der Waals surface area (Å²) in [6, 6.07) is 8.73. The van der Waals surface area contributed by atoms with Crippen LogP contribution in [0.4, 0.5) is 0 Å². The number of thiophene rings is 1. The molecule has 1 aromatic carbocycles. The fourth-order valence-electron chi connectivity index (χ4n) is 3.75. The number of hydrogen-bond donors (Lipinski definition) is 1. The first-order valence-electron chi connectivity index (χ1n) is 7.88. The van der Waals surface area contributed by atoms with Crippen LogP contribution in [0.3, 0.4) is 0 Å². The Bertz CT molecular complexity index is 661. The Balaban J connectivity index is 1.82. The summed E-state index contributed by atoms with van der Waals surface area (Å²) in [6.07, 6.45) is 6.49. The summed E-state index contributed by atoms with van der Waals surface area (Å²) < 4.78 is 5.58. The molecule has 0 amide bonds. The van der Waals surface area contributed by atoms with Crippen LogP contribution >= 0.6 is 11.3 Å². The van der Waals surface area contributed by atoms with Gasteiger partial charge in [0.25, 0.3) is 0 Å². The van der Waals surface area contributed by atoms with Gasteiger partial charge in [0, 0.05) is 21.9 Å². The Kier molecular flexibility index (Phi) is 3.48. The zero-order chi connectivity index (χ0) is 14.2. The summed E-state index contributed by atoms with van der Waals surface area (Å²) in [4.78, 5) is 3.19. The molecule has 2 nitrogen and oxygen atoms in total. The standard InChI is InChI=1S/C18H21NOS/c1-20-15-8-4-2-7-14(15)17-18-13(10-11-19-17)12-6-3-5-9-16(12)21-18/h2,4,7-8,17,19H,3,5-6,9-11H2,1H3. The summed E-state index contributed by atoms with van der Waals surface area (Å²) in [7, 11) is 1.77. The van der Waals surface area contributed by atoms with Gasteiger partial charge >= 0.3 is 0 Å². The molecule has 0 bridgehead atoms. The van der Waals surface area contributed by atoms with Gasteiger partial charge in [0.1, 0.15) is 5.75 Å². The largest absolute Gasteiger partial charge is 0.496 e. The predicted molar refractivity (Wildman–Crippen MR) is 87.5 cm³/mol. The average Bonchev–Trinajstić information content (AvgIpc) is 2.93. The summed E-state index contributed by atoms with van der Waals surface area (Å²) in [6.45, 7) is 1.07. The van der Waals surface area contributed by atoms with E-state index in [1.54, 1.807) is 23.1 Å². The minimum absolute atomic E-state index is 0.306. The van der Waals surface area contributed by atoms with Gasteiger partial charge in [-0.05, 0) is 49.3 Å². The van der Waals surface area contributed by atoms with Crippen molar-refractivity contribution in [1.29, 1.82) is 0 Å². The molecule has 110 valence electrons. The Morgan fingerprint density at radius 1 is 1.10 bits per heavy atom. The van der Waals surface area contributed by atoms with Crippen LogP contribution in [0.5, 0.6) is 5.75 Å². The minimum atomic E-state index is 0.306. The number of fused-ring (bicyclic) bond motifs is 3. The van der Waals surface area contributed by atoms with Gasteiger partial charge in [-0.15, -0.1) is 11.3 Å². The molecule has 4 rings (SSSR count). The number of methoxy groups -OCH3 is 1. The Hall–Kier alpha value is -1.32. The number of para-hydroxylation sites is 1. The van der Waals surface area contributed by atoms with E-state index in [1.165, 1.54) is 42.5 Å². The van der Waals surface area contributed by atoms with E-state index in [0.717, 1.165) is 12.3 Å². The Morgan fingerprint density at radius 2 is 1.95 bits per heavy atom. The van der Waals surface area contributed by atoms with Crippen LogP contribution in [0, 0.1) is 0 Å². The molecule has 0 fully saturated rings. The van der Waals surface area contributed by atoms with Crippen molar-refractivity contribution in [2.24, 2.45) is 0 Å². The molecule has 0 radical (unpaired) electrons. The van der Waals surface area contributed by atoms with E-state index in [-0.39, 0.29) is 0 Å². The van der Waals surface area contributed by atoms with Gasteiger partial charge in [0.05, 0.1) is 13.2 Å². The maximum absolute atomic E-state index is 5.58. The maximum Gasteiger partial charge on any atom is 0.124 e. The van der Waals surface area contributed by atoms with E-state index in [0.29, 0.717) is 6.04 Å². The highest BCUT2D eigenvalue weighted by Crippen LogP contribution is 2.43. The molecule has 2 heterocycles. The zero-order valence-electron chi connectivity index (χ0n) is 12.4. The van der Waals surface area contributed by atoms with Crippen molar-refractivity contribution in [2.75, 3.05) is 13.7 Å². The van der Waals surface area contributed by atoms with Gasteiger partial charge in [-0.3, -0.25) is 0 Å². The van der Waals surface area contributed by atoms with E-state index >= 15 is 0 Å². The molecule has 0 spiro atoms. The topological polar surface area (TPSA) is 21.3 Å². The smallest absolute Gasteiger partial charge is 0.124 e. The van der Waals surface area contributed by atoms with Crippen molar-refractivity contribution in [3.05, 3.63) is 50.7 Å². The van der Waals surface area contributed by atoms with Crippen molar-refractivity contribution >= 4 is 11.3 Å². The highest BCUT2D eigenvalue weighted by Gasteiger charge is 2.30. The van der Waals surface area contributed by atoms with Crippen molar-refractivity contribution in [3.63, 3.8) is 0 Å². The van der Waals surface area contributed by atoms with Gasteiger partial charge in [0.15, 0.2) is 0 Å². The maximum atomic E-state index is 5.58. The molecule has 3 heteroatoms. The van der Waals surface area contributed by atoms with Crippen molar-refractivity contribution < 1.29 is 4.74 Å². The first-order valence-corrected chi connectivity index (χ1v) is 8.69. The molecule has 0 saturated carbocycles. The first-order chi connectivity index (χ1) is 10.4. The average molecular weight is 299 g/mol. The second-order valence-corrected chi connectivity index (χ2v) is 7.07. The lowest BCUT2D eigenvalue weighted by Gasteiger charge is -2.26. The summed E-state index contributed by atoms with van der Waals surface area (Å²) in [5, 5.41) is 3.71. The number of benzene rings is 1. The monoisotopic (exact) mass is 299 g/mol. The first kappa shape index (κ1) is 13.4. The molecule has 1 aliphatic carbocycles. The quantitative estimate of drug-likeness (QED) is 0.909. The Labute approximate surface area is 130 Å². The SMILES string of the molecule is COc1ccccc1C1NCCc2c1sc1c2CCCC1. The van der Waals surface area contributed by atoms with Crippen LogP contribution in [-0.2, 0) is 19.3 Å². The summed E-state index contributed by atoms with van der Waals surface area (Å²) >= 11 is 2.04. The van der Waals surface area contributed by atoms with Crippen LogP contribution in [0.15, 0.2) is 24.3 Å². The molecular weight excluding hydrogens is 278 g/mol. The minimum Gasteiger partial charge on any atom is -0.496 e. The van der Waals surface area contributed by atoms with E-state index < -0.39 is 0 Å². The van der Waals surface area contributed by atoms with E-state index in [2.05, 4.69) is 23.5 Å². The third-order valence-electron chi connectivity index (χ3n) is 4.75. The third-order valence-corrected chi connectivity index (χ3v) is 6.15. The van der Waals surface area contributed by atoms with Crippen LogP contribution in [0.2, 0.25) is 0 Å². The fraction of sp³-hybridized carbons (Fsp3) is 0.444. The van der Waals surface area contributed by atoms with Crippen LogP contribution in [0.1, 0.15) is 45.3 Å². The predicted octanol–water partition coefficient (Wildman–Crippen LogP) is 3.87. The second kappa shape index (κ2) is 5.47. The Morgan fingerprint density at radius 3 is 2.86 bits per heavy atom. The van der Waals surface area contributed by atoms with E-state index in [4.69, 9.17) is 4.74 Å². The molecule has 1 aliphatic heterocycles. The van der Waals surface area contributed by atoms with Gasteiger partial charge in [-0.25, -0.2) is 0 Å². The van der Waals surface area contributed by atoms with Crippen molar-refractivity contribution in [2.45, 2.75) is 38.1 Å². The molecule has 2 aromatic rings. The number of nitrogens with one attached hydrogen (secondary N) is 1. The van der Waals surface area contributed by atoms with Gasteiger partial charge < -0.3 is 10.1 Å². The van der Waals surface area contributed by atoms with Crippen molar-refractivity contribution in [1.82, 2.24) is 5.32 Å². The molecule has 1 N–H and O–H groups in total. The summed E-state index contributed by atoms with van der Waals surface area (Å²) in [5.41, 5.74) is 4.60. The van der Waals surface area contributed by atoms with E-state index in [1.807, 2.05) is 17.4 Å². The number of aryl methyl sites for hydroxylation is 1. The lowest BCUT2D eigenvalue weighted by molar-refractivity contribution is 0.403.